The first-order valence-electron chi connectivity index (χ1n) is 6.66. The second-order valence-corrected chi connectivity index (χ2v) is 5.12. The maximum atomic E-state index is 11.9. The number of nitrogens with zero attached hydrogens (tertiary/aromatic N) is 1. The molecule has 1 atom stereocenters. The molecule has 21 heavy (non-hydrogen) atoms. The smallest absolute Gasteiger partial charge is 0.326 e. The fourth-order valence-corrected chi connectivity index (χ4v) is 2.93. The normalized spacial score (nSPS) is 20.3. The Kier molecular flexibility index (Phi) is 3.13. The molecule has 1 aliphatic carbocycles. The third-order valence-corrected chi connectivity index (χ3v) is 3.88. The van der Waals surface area contributed by atoms with E-state index in [2.05, 4.69) is 4.98 Å². The van der Waals surface area contributed by atoms with Crippen molar-refractivity contribution in [1.29, 1.82) is 0 Å². The number of H-pyrrole nitrogens is 1. The topological polar surface area (TPSA) is 111 Å². The average molecular weight is 290 g/mol. The molecule has 3 N–H and O–H groups in total. The van der Waals surface area contributed by atoms with Gasteiger partial charge in [0.2, 0.25) is 11.6 Å². The van der Waals surface area contributed by atoms with Crippen molar-refractivity contribution in [3.63, 3.8) is 0 Å². The second-order valence-electron chi connectivity index (χ2n) is 5.12. The van der Waals surface area contributed by atoms with Crippen molar-refractivity contribution in [3.05, 3.63) is 29.1 Å². The molecule has 7 heteroatoms. The Hall–Kier alpha value is -2.41. The monoisotopic (exact) mass is 290 g/mol. The first-order valence-corrected chi connectivity index (χ1v) is 6.66. The molecule has 7 nitrogen and oxygen atoms in total. The summed E-state index contributed by atoms with van der Waals surface area (Å²) < 4.78 is 0. The van der Waals surface area contributed by atoms with Crippen molar-refractivity contribution in [1.82, 2.24) is 9.88 Å². The van der Waals surface area contributed by atoms with E-state index in [0.29, 0.717) is 24.2 Å². The molecule has 0 radical (unpaired) electrons. The lowest BCUT2D eigenvalue weighted by atomic mass is 9.88. The lowest BCUT2D eigenvalue weighted by Gasteiger charge is -2.38. The molecule has 0 saturated carbocycles. The third-order valence-electron chi connectivity index (χ3n) is 3.88. The molecule has 110 valence electrons. The number of carbonyl (C=O) groups is 3. The quantitative estimate of drug-likeness (QED) is 0.663. The minimum absolute atomic E-state index is 0.0736. The SMILES string of the molecule is O=C1C=C2c3c(c[nH]c3C1=O)CC(C(=O)O)N2CCCO. The van der Waals surface area contributed by atoms with Gasteiger partial charge in [0.25, 0.3) is 0 Å². The number of ketones is 2. The molecule has 2 heterocycles. The summed E-state index contributed by atoms with van der Waals surface area (Å²) in [6.45, 7) is 0.237. The predicted molar refractivity (Wildman–Crippen MR) is 71.6 cm³/mol. The minimum atomic E-state index is -0.994. The molecule has 1 aromatic heterocycles. The fraction of sp³-hybridized carbons (Fsp3) is 0.357. The minimum Gasteiger partial charge on any atom is -0.480 e. The number of rotatable bonds is 4. The van der Waals surface area contributed by atoms with Crippen molar-refractivity contribution in [2.24, 2.45) is 0 Å². The third kappa shape index (κ3) is 1.97. The van der Waals surface area contributed by atoms with Crippen LogP contribution in [0.3, 0.4) is 0 Å². The van der Waals surface area contributed by atoms with Gasteiger partial charge in [-0.25, -0.2) is 4.79 Å². The first-order chi connectivity index (χ1) is 10.0. The Bertz CT molecular complexity index is 673. The van der Waals surface area contributed by atoms with E-state index in [1.807, 2.05) is 0 Å². The zero-order valence-corrected chi connectivity index (χ0v) is 11.1. The van der Waals surface area contributed by atoms with Crippen LogP contribution >= 0.6 is 0 Å². The van der Waals surface area contributed by atoms with Crippen LogP contribution in [0.4, 0.5) is 0 Å². The van der Waals surface area contributed by atoms with Crippen LogP contribution in [0, 0.1) is 0 Å². The van der Waals surface area contributed by atoms with Crippen molar-refractivity contribution in [2.75, 3.05) is 13.2 Å². The Morgan fingerprint density at radius 1 is 1.43 bits per heavy atom. The highest BCUT2D eigenvalue weighted by molar-refractivity contribution is 6.50. The molecule has 3 rings (SSSR count). The van der Waals surface area contributed by atoms with Gasteiger partial charge in [-0.15, -0.1) is 0 Å². The average Bonchev–Trinajstić information content (AvgIpc) is 2.87. The zero-order chi connectivity index (χ0) is 15.1. The van der Waals surface area contributed by atoms with Crippen LogP contribution in [0.5, 0.6) is 0 Å². The van der Waals surface area contributed by atoms with Gasteiger partial charge in [-0.1, -0.05) is 0 Å². The molecule has 0 aromatic carbocycles. The van der Waals surface area contributed by atoms with Gasteiger partial charge in [0.1, 0.15) is 11.7 Å². The number of carboxylic acid groups (broad SMARTS) is 1. The number of carbonyl (C=O) groups excluding carboxylic acids is 2. The number of hydrogen-bond acceptors (Lipinski definition) is 5. The van der Waals surface area contributed by atoms with Crippen molar-refractivity contribution in [2.45, 2.75) is 18.9 Å². The van der Waals surface area contributed by atoms with Gasteiger partial charge in [0.15, 0.2) is 0 Å². The fourth-order valence-electron chi connectivity index (χ4n) is 2.93. The number of aliphatic hydroxyl groups is 1. The molecule has 0 spiro atoms. The van der Waals surface area contributed by atoms with Gasteiger partial charge < -0.3 is 20.1 Å². The first kappa shape index (κ1) is 13.6. The number of aromatic amines is 1. The highest BCUT2D eigenvalue weighted by atomic mass is 16.4. The number of allylic oxidation sites excluding steroid dienone is 1. The standard InChI is InChI=1S/C14H14N2O5/c17-3-1-2-16-8-5-10(18)13(19)12-11(8)7(6-15-12)4-9(16)14(20)21/h5-6,9,15,17H,1-4H2,(H,20,21). The summed E-state index contributed by atoms with van der Waals surface area (Å²) in [4.78, 5) is 39.5. The molecule has 0 amide bonds. The number of aromatic nitrogens is 1. The summed E-state index contributed by atoms with van der Waals surface area (Å²) in [5, 5.41) is 18.4. The van der Waals surface area contributed by atoms with E-state index in [1.54, 1.807) is 11.1 Å². The molecule has 1 aliphatic heterocycles. The maximum Gasteiger partial charge on any atom is 0.326 e. The molecule has 1 aromatic rings. The lowest BCUT2D eigenvalue weighted by Crippen LogP contribution is -2.46. The van der Waals surface area contributed by atoms with Gasteiger partial charge in [0, 0.05) is 37.4 Å². The molecule has 1 unspecified atom stereocenters. The van der Waals surface area contributed by atoms with Gasteiger partial charge >= 0.3 is 5.97 Å². The molecule has 0 fully saturated rings. The van der Waals surface area contributed by atoms with E-state index in [1.165, 1.54) is 6.08 Å². The Balaban J connectivity index is 2.12. The van der Waals surface area contributed by atoms with Crippen LogP contribution in [0.2, 0.25) is 0 Å². The lowest BCUT2D eigenvalue weighted by molar-refractivity contribution is -0.142. The maximum absolute atomic E-state index is 11.9. The van der Waals surface area contributed by atoms with E-state index in [0.717, 1.165) is 5.56 Å². The molecular weight excluding hydrogens is 276 g/mol. The number of aliphatic carboxylic acids is 1. The number of nitrogens with one attached hydrogen (secondary N) is 1. The summed E-state index contributed by atoms with van der Waals surface area (Å²) in [5.74, 6) is -2.26. The molecular formula is C14H14N2O5. The Labute approximate surface area is 119 Å². The summed E-state index contributed by atoms with van der Waals surface area (Å²) in [5.41, 5.74) is 2.03. The molecule has 0 bridgehead atoms. The number of hydrogen-bond donors (Lipinski definition) is 3. The van der Waals surface area contributed by atoms with E-state index < -0.39 is 23.6 Å². The van der Waals surface area contributed by atoms with Gasteiger partial charge in [-0.2, -0.15) is 0 Å². The largest absolute Gasteiger partial charge is 0.480 e. The van der Waals surface area contributed by atoms with Crippen LogP contribution < -0.4 is 0 Å². The van der Waals surface area contributed by atoms with E-state index >= 15 is 0 Å². The highest BCUT2D eigenvalue weighted by Gasteiger charge is 2.40. The molecule has 2 aliphatic rings. The van der Waals surface area contributed by atoms with Crippen LogP contribution in [0.1, 0.15) is 28.0 Å². The number of Topliss-reactive ketones (excluding diaryl/α,β-unsaturated/α-hetero) is 1. The van der Waals surface area contributed by atoms with E-state index in [9.17, 15) is 19.5 Å². The van der Waals surface area contributed by atoms with Crippen molar-refractivity contribution in [3.8, 4) is 0 Å². The van der Waals surface area contributed by atoms with Gasteiger partial charge in [0.05, 0.1) is 5.70 Å². The molecule has 0 saturated heterocycles. The zero-order valence-electron chi connectivity index (χ0n) is 11.1. The van der Waals surface area contributed by atoms with E-state index in [-0.39, 0.29) is 18.7 Å². The van der Waals surface area contributed by atoms with Crippen LogP contribution in [0.25, 0.3) is 5.70 Å². The van der Waals surface area contributed by atoms with Crippen LogP contribution in [-0.2, 0) is 16.0 Å². The summed E-state index contributed by atoms with van der Waals surface area (Å²) >= 11 is 0. The summed E-state index contributed by atoms with van der Waals surface area (Å²) in [6.07, 6.45) is 3.44. The second kappa shape index (κ2) is 4.85. The van der Waals surface area contributed by atoms with E-state index in [4.69, 9.17) is 5.11 Å². The Morgan fingerprint density at radius 2 is 2.19 bits per heavy atom. The highest BCUT2D eigenvalue weighted by Crippen LogP contribution is 2.37. The predicted octanol–water partition coefficient (Wildman–Crippen LogP) is -0.185. The number of aliphatic hydroxyl groups excluding tert-OH is 1. The van der Waals surface area contributed by atoms with Crippen molar-refractivity contribution >= 4 is 23.2 Å². The van der Waals surface area contributed by atoms with Crippen molar-refractivity contribution < 1.29 is 24.6 Å². The summed E-state index contributed by atoms with van der Waals surface area (Å²) in [6, 6.07) is -0.806. The van der Waals surface area contributed by atoms with Crippen LogP contribution in [0.15, 0.2) is 12.3 Å². The van der Waals surface area contributed by atoms with Gasteiger partial charge in [-0.05, 0) is 12.0 Å². The van der Waals surface area contributed by atoms with Crippen LogP contribution in [-0.4, -0.2) is 56.8 Å². The number of carboxylic acids is 1. The summed E-state index contributed by atoms with van der Waals surface area (Å²) in [7, 11) is 0. The Morgan fingerprint density at radius 3 is 2.86 bits per heavy atom. The van der Waals surface area contributed by atoms with Gasteiger partial charge in [-0.3, -0.25) is 9.59 Å².